The molecule has 31 heavy (non-hydrogen) atoms. The average molecular weight is 426 g/mol. The van der Waals surface area contributed by atoms with E-state index in [1.165, 1.54) is 6.07 Å². The minimum absolute atomic E-state index is 0.0870. The van der Waals surface area contributed by atoms with Gasteiger partial charge in [0, 0.05) is 62.2 Å². The number of hydrogen-bond acceptors (Lipinski definition) is 8. The summed E-state index contributed by atoms with van der Waals surface area (Å²) in [4.78, 5) is 35.8. The molecule has 4 heterocycles. The summed E-state index contributed by atoms with van der Waals surface area (Å²) in [7, 11) is 0. The molecule has 0 aliphatic carbocycles. The fourth-order valence-electron chi connectivity index (χ4n) is 4.08. The van der Waals surface area contributed by atoms with E-state index in [9.17, 15) is 14.9 Å². The highest BCUT2D eigenvalue weighted by molar-refractivity contribution is 5.69. The molecule has 2 fully saturated rings. The summed E-state index contributed by atoms with van der Waals surface area (Å²) in [5.41, 5.74) is 0.0759. The van der Waals surface area contributed by atoms with Gasteiger partial charge < -0.3 is 19.9 Å². The van der Waals surface area contributed by atoms with E-state index in [-0.39, 0.29) is 17.6 Å². The van der Waals surface area contributed by atoms with Gasteiger partial charge >= 0.3 is 11.8 Å². The van der Waals surface area contributed by atoms with Gasteiger partial charge in [0.25, 0.3) is 0 Å². The van der Waals surface area contributed by atoms with Crippen LogP contribution in [0.5, 0.6) is 0 Å². The van der Waals surface area contributed by atoms with Crippen LogP contribution in [0.2, 0.25) is 0 Å². The number of likely N-dealkylation sites (tertiary alicyclic amines) is 1. The van der Waals surface area contributed by atoms with E-state index in [0.717, 1.165) is 13.1 Å². The zero-order valence-electron chi connectivity index (χ0n) is 17.8. The monoisotopic (exact) mass is 426 g/mol. The van der Waals surface area contributed by atoms with Gasteiger partial charge in [0.05, 0.1) is 4.92 Å². The topological polar surface area (TPSA) is 114 Å². The lowest BCUT2D eigenvalue weighted by atomic mass is 10.0. The molecular weight excluding hydrogens is 400 g/mol. The lowest BCUT2D eigenvalue weighted by molar-refractivity contribution is -0.384. The van der Waals surface area contributed by atoms with Gasteiger partial charge in [-0.25, -0.2) is 9.78 Å². The Morgan fingerprint density at radius 3 is 2.35 bits per heavy atom. The van der Waals surface area contributed by atoms with Crippen LogP contribution in [0.25, 0.3) is 0 Å². The van der Waals surface area contributed by atoms with Crippen molar-refractivity contribution in [1.29, 1.82) is 0 Å². The van der Waals surface area contributed by atoms with E-state index in [1.807, 2.05) is 20.8 Å². The highest BCUT2D eigenvalue weighted by atomic mass is 16.6. The molecule has 2 aliphatic rings. The predicted octanol–water partition coefficient (Wildman–Crippen LogP) is 3.43. The molecule has 2 aromatic heterocycles. The second-order valence-electron chi connectivity index (χ2n) is 8.97. The Balaban J connectivity index is 1.46. The smallest absolute Gasteiger partial charge is 0.410 e. The standard InChI is InChI=1S/C21H26N6O4/c1-21(2,3)31-20(28)26-12-14-10-25(11-15(14)13-26)18-5-4-17(27(29)30)19(24-18)23-16-6-8-22-9-7-16/h4-9,14-15H,10-13H2,1-3H3,(H,22,23,24). The number of fused-ring (bicyclic) bond motifs is 1. The van der Waals surface area contributed by atoms with Crippen molar-refractivity contribution in [2.45, 2.75) is 26.4 Å². The first-order chi connectivity index (χ1) is 14.7. The van der Waals surface area contributed by atoms with E-state index < -0.39 is 10.5 Å². The molecule has 2 aliphatic heterocycles. The maximum atomic E-state index is 12.4. The van der Waals surface area contributed by atoms with Crippen molar-refractivity contribution in [2.75, 3.05) is 36.4 Å². The van der Waals surface area contributed by atoms with Gasteiger partial charge in [-0.05, 0) is 39.0 Å². The van der Waals surface area contributed by atoms with Crippen LogP contribution in [-0.4, -0.2) is 57.7 Å². The maximum absolute atomic E-state index is 12.4. The van der Waals surface area contributed by atoms with Crippen molar-refractivity contribution in [3.63, 3.8) is 0 Å². The summed E-state index contributed by atoms with van der Waals surface area (Å²) in [5.74, 6) is 1.52. The Morgan fingerprint density at radius 1 is 1.13 bits per heavy atom. The number of aromatic nitrogens is 2. The molecule has 2 aromatic rings. The van der Waals surface area contributed by atoms with Crippen LogP contribution in [0.1, 0.15) is 20.8 Å². The van der Waals surface area contributed by atoms with Gasteiger partial charge in [-0.15, -0.1) is 0 Å². The number of pyridine rings is 2. The van der Waals surface area contributed by atoms with Crippen LogP contribution < -0.4 is 10.2 Å². The number of carbonyl (C=O) groups excluding carboxylic acids is 1. The Labute approximate surface area is 180 Å². The van der Waals surface area contributed by atoms with Gasteiger partial charge in [0.2, 0.25) is 5.82 Å². The number of carbonyl (C=O) groups is 1. The lowest BCUT2D eigenvalue weighted by Crippen LogP contribution is -2.37. The van der Waals surface area contributed by atoms with Gasteiger partial charge in [-0.1, -0.05) is 0 Å². The third-order valence-corrected chi connectivity index (χ3v) is 5.46. The first-order valence-electron chi connectivity index (χ1n) is 10.2. The van der Waals surface area contributed by atoms with E-state index in [4.69, 9.17) is 4.74 Å². The number of amides is 1. The van der Waals surface area contributed by atoms with Crippen molar-refractivity contribution >= 4 is 29.1 Å². The lowest BCUT2D eigenvalue weighted by Gasteiger charge is -2.26. The van der Waals surface area contributed by atoms with Crippen LogP contribution >= 0.6 is 0 Å². The Bertz CT molecular complexity index is 964. The second kappa shape index (κ2) is 8.01. The van der Waals surface area contributed by atoms with Crippen molar-refractivity contribution < 1.29 is 14.5 Å². The predicted molar refractivity (Wildman–Crippen MR) is 115 cm³/mol. The van der Waals surface area contributed by atoms with Crippen LogP contribution in [0.15, 0.2) is 36.7 Å². The summed E-state index contributed by atoms with van der Waals surface area (Å²) in [6.07, 6.45) is 2.94. The molecule has 2 atom stereocenters. The quantitative estimate of drug-likeness (QED) is 0.584. The summed E-state index contributed by atoms with van der Waals surface area (Å²) >= 11 is 0. The number of nitro groups is 1. The Hall–Kier alpha value is -3.43. The van der Waals surface area contributed by atoms with Gasteiger partial charge in [0.15, 0.2) is 0 Å². The third-order valence-electron chi connectivity index (χ3n) is 5.46. The molecule has 0 saturated carbocycles. The van der Waals surface area contributed by atoms with E-state index in [2.05, 4.69) is 20.2 Å². The zero-order valence-corrected chi connectivity index (χ0v) is 17.8. The van der Waals surface area contributed by atoms with Crippen LogP contribution in [0.3, 0.4) is 0 Å². The molecule has 0 spiro atoms. The first kappa shape index (κ1) is 20.8. The van der Waals surface area contributed by atoms with E-state index in [0.29, 0.717) is 36.4 Å². The minimum atomic E-state index is -0.512. The molecule has 10 heteroatoms. The zero-order chi connectivity index (χ0) is 22.2. The van der Waals surface area contributed by atoms with Crippen molar-refractivity contribution in [2.24, 2.45) is 11.8 Å². The molecule has 0 bridgehead atoms. The molecule has 164 valence electrons. The number of nitrogens with one attached hydrogen (secondary N) is 1. The average Bonchev–Trinajstić information content (AvgIpc) is 3.26. The van der Waals surface area contributed by atoms with Crippen molar-refractivity contribution in [1.82, 2.24) is 14.9 Å². The fraction of sp³-hybridized carbons (Fsp3) is 0.476. The number of ether oxygens (including phenoxy) is 1. The summed E-state index contributed by atoms with van der Waals surface area (Å²) in [5, 5.41) is 14.5. The highest BCUT2D eigenvalue weighted by Crippen LogP contribution is 2.36. The normalized spacial score (nSPS) is 20.5. The highest BCUT2D eigenvalue weighted by Gasteiger charge is 2.43. The molecule has 2 saturated heterocycles. The second-order valence-corrected chi connectivity index (χ2v) is 8.97. The van der Waals surface area contributed by atoms with Gasteiger partial charge in [-0.2, -0.15) is 0 Å². The third kappa shape index (κ3) is 4.68. The van der Waals surface area contributed by atoms with Gasteiger partial charge in [0.1, 0.15) is 11.4 Å². The molecule has 0 radical (unpaired) electrons. The molecule has 0 aromatic carbocycles. The number of hydrogen-bond donors (Lipinski definition) is 1. The molecule has 1 N–H and O–H groups in total. The molecule has 10 nitrogen and oxygen atoms in total. The first-order valence-corrected chi connectivity index (χ1v) is 10.2. The molecule has 1 amide bonds. The molecule has 2 unspecified atom stereocenters. The maximum Gasteiger partial charge on any atom is 0.410 e. The Kier molecular flexibility index (Phi) is 5.38. The van der Waals surface area contributed by atoms with Crippen LogP contribution in [0, 0.1) is 22.0 Å². The van der Waals surface area contributed by atoms with Crippen molar-refractivity contribution in [3.05, 3.63) is 46.8 Å². The summed E-state index contributed by atoms with van der Waals surface area (Å²) in [6.45, 7) is 8.35. The summed E-state index contributed by atoms with van der Waals surface area (Å²) < 4.78 is 5.49. The number of rotatable bonds is 4. The summed E-state index contributed by atoms with van der Waals surface area (Å²) in [6, 6.07) is 6.61. The van der Waals surface area contributed by atoms with Crippen LogP contribution in [-0.2, 0) is 4.74 Å². The minimum Gasteiger partial charge on any atom is -0.444 e. The van der Waals surface area contributed by atoms with Crippen molar-refractivity contribution in [3.8, 4) is 0 Å². The number of anilines is 3. The number of nitrogens with zero attached hydrogens (tertiary/aromatic N) is 5. The van der Waals surface area contributed by atoms with Gasteiger partial charge in [-0.3, -0.25) is 15.1 Å². The van der Waals surface area contributed by atoms with E-state index >= 15 is 0 Å². The largest absolute Gasteiger partial charge is 0.444 e. The molecular formula is C21H26N6O4. The Morgan fingerprint density at radius 2 is 1.77 bits per heavy atom. The fourth-order valence-corrected chi connectivity index (χ4v) is 4.08. The molecule has 4 rings (SSSR count). The SMILES string of the molecule is CC(C)(C)OC(=O)N1CC2CN(c3ccc([N+](=O)[O-])c(Nc4ccncc4)n3)CC2C1. The van der Waals surface area contributed by atoms with E-state index in [1.54, 1.807) is 35.5 Å². The van der Waals surface area contributed by atoms with Crippen LogP contribution in [0.4, 0.5) is 27.8 Å².